The fourth-order valence-corrected chi connectivity index (χ4v) is 5.58. The van der Waals surface area contributed by atoms with E-state index in [1.165, 1.54) is 46.3 Å². The molecule has 0 spiro atoms. The van der Waals surface area contributed by atoms with E-state index in [0.29, 0.717) is 17.7 Å². The van der Waals surface area contributed by atoms with Crippen LogP contribution in [0.15, 0.2) is 83.5 Å². The van der Waals surface area contributed by atoms with Crippen LogP contribution in [-0.4, -0.2) is 56.5 Å². The number of aromatic nitrogens is 2. The molecule has 0 aliphatic carbocycles. The Balaban J connectivity index is 1.33. The standard InChI is InChI=1S/C30H25ClFN7O4/c1-37-14-23(33-16-37)20-4-2-5-21-19(20)12-13-38(27(21)28(40)34-18-10-8-17(9-11-18)30(42)43)29(41)24-15-39(36-35-24)25-7-3-6-22(31)26(25)32/h2-11,14,16,24,27H,12-13,15H2,1H3,(H,34,40)(H,42,43). The van der Waals surface area contributed by atoms with Crippen molar-refractivity contribution in [2.24, 2.45) is 17.4 Å². The van der Waals surface area contributed by atoms with Crippen molar-refractivity contribution >= 4 is 40.8 Å². The topological polar surface area (TPSA) is 132 Å². The summed E-state index contributed by atoms with van der Waals surface area (Å²) in [6.07, 6.45) is 4.04. The number of carboxylic acid groups (broad SMARTS) is 1. The molecule has 6 rings (SSSR count). The quantitative estimate of drug-likeness (QED) is 0.323. The molecule has 2 unspecified atom stereocenters. The van der Waals surface area contributed by atoms with Crippen LogP contribution in [0.3, 0.4) is 0 Å². The zero-order valence-corrected chi connectivity index (χ0v) is 23.6. The molecular weight excluding hydrogens is 577 g/mol. The number of benzene rings is 3. The van der Waals surface area contributed by atoms with Crippen LogP contribution in [0.1, 0.15) is 27.5 Å². The molecular formula is C30H25ClFN7O4. The Bertz CT molecular complexity index is 1770. The Kier molecular flexibility index (Phi) is 7.36. The Morgan fingerprint density at radius 2 is 1.84 bits per heavy atom. The fraction of sp³-hybridized carbons (Fsp3) is 0.200. The summed E-state index contributed by atoms with van der Waals surface area (Å²) < 4.78 is 16.5. The number of anilines is 2. The SMILES string of the molecule is Cn1cnc(-c2cccc3c2CCN(C(=O)C2CN(c4cccc(Cl)c4F)N=N2)C3C(=O)Nc2ccc(C(=O)O)cc2)c1. The number of fused-ring (bicyclic) bond motifs is 1. The van der Waals surface area contributed by atoms with Gasteiger partial charge >= 0.3 is 5.97 Å². The lowest BCUT2D eigenvalue weighted by Gasteiger charge is -2.37. The molecule has 0 saturated carbocycles. The van der Waals surface area contributed by atoms with Gasteiger partial charge < -0.3 is 19.9 Å². The summed E-state index contributed by atoms with van der Waals surface area (Å²) in [4.78, 5) is 45.1. The van der Waals surface area contributed by atoms with Crippen LogP contribution in [0.4, 0.5) is 15.8 Å². The van der Waals surface area contributed by atoms with E-state index in [4.69, 9.17) is 11.6 Å². The molecule has 4 aromatic rings. The van der Waals surface area contributed by atoms with E-state index >= 15 is 0 Å². The first-order valence-electron chi connectivity index (χ1n) is 13.4. The van der Waals surface area contributed by atoms with Crippen LogP contribution in [-0.2, 0) is 23.1 Å². The van der Waals surface area contributed by atoms with Crippen molar-refractivity contribution in [2.45, 2.75) is 18.5 Å². The first-order chi connectivity index (χ1) is 20.7. The first-order valence-corrected chi connectivity index (χ1v) is 13.8. The van der Waals surface area contributed by atoms with Crippen LogP contribution in [0.2, 0.25) is 5.02 Å². The highest BCUT2D eigenvalue weighted by Crippen LogP contribution is 2.38. The van der Waals surface area contributed by atoms with E-state index in [9.17, 15) is 23.9 Å². The second-order valence-corrected chi connectivity index (χ2v) is 10.6. The predicted molar refractivity (Wildman–Crippen MR) is 156 cm³/mol. The van der Waals surface area contributed by atoms with Crippen molar-refractivity contribution in [3.8, 4) is 11.3 Å². The van der Waals surface area contributed by atoms with E-state index < -0.39 is 35.7 Å². The lowest BCUT2D eigenvalue weighted by molar-refractivity contribution is -0.140. The number of hydrogen-bond donors (Lipinski definition) is 2. The van der Waals surface area contributed by atoms with Crippen LogP contribution >= 0.6 is 11.6 Å². The largest absolute Gasteiger partial charge is 0.478 e. The number of carbonyl (C=O) groups excluding carboxylic acids is 2. The smallest absolute Gasteiger partial charge is 0.335 e. The Labute approximate surface area is 250 Å². The summed E-state index contributed by atoms with van der Waals surface area (Å²) in [6, 6.07) is 13.8. The molecule has 0 radical (unpaired) electrons. The number of aromatic carboxylic acids is 1. The van der Waals surface area contributed by atoms with Crippen LogP contribution in [0.5, 0.6) is 0 Å². The third kappa shape index (κ3) is 5.32. The number of halogens is 2. The van der Waals surface area contributed by atoms with Gasteiger partial charge in [-0.2, -0.15) is 5.11 Å². The third-order valence-corrected chi connectivity index (χ3v) is 7.76. The maximum Gasteiger partial charge on any atom is 0.335 e. The first kappa shape index (κ1) is 28.0. The molecule has 3 aromatic carbocycles. The van der Waals surface area contributed by atoms with Gasteiger partial charge in [-0.05, 0) is 53.9 Å². The lowest BCUT2D eigenvalue weighted by atomic mass is 9.87. The molecule has 2 N–H and O–H groups in total. The molecule has 3 heterocycles. The van der Waals surface area contributed by atoms with Gasteiger partial charge in [0.2, 0.25) is 0 Å². The van der Waals surface area contributed by atoms with E-state index in [1.807, 2.05) is 36.0 Å². The van der Waals surface area contributed by atoms with E-state index in [0.717, 1.165) is 16.8 Å². The number of carbonyl (C=O) groups is 3. The minimum Gasteiger partial charge on any atom is -0.478 e. The zero-order valence-electron chi connectivity index (χ0n) is 22.8. The van der Waals surface area contributed by atoms with Gasteiger partial charge in [0.15, 0.2) is 11.9 Å². The van der Waals surface area contributed by atoms with Gasteiger partial charge in [-0.25, -0.2) is 19.2 Å². The van der Waals surface area contributed by atoms with Gasteiger partial charge in [0, 0.05) is 31.0 Å². The zero-order chi connectivity index (χ0) is 30.2. The van der Waals surface area contributed by atoms with E-state index in [1.54, 1.807) is 12.4 Å². The number of imidazole rings is 1. The molecule has 218 valence electrons. The number of nitrogens with one attached hydrogen (secondary N) is 1. The fourth-order valence-electron chi connectivity index (χ4n) is 5.41. The van der Waals surface area contributed by atoms with E-state index in [2.05, 4.69) is 20.6 Å². The molecule has 13 heteroatoms. The summed E-state index contributed by atoms with van der Waals surface area (Å²) >= 11 is 5.94. The molecule has 1 aromatic heterocycles. The summed E-state index contributed by atoms with van der Waals surface area (Å²) in [5.74, 6) is -2.68. The average molecular weight is 602 g/mol. The average Bonchev–Trinajstić information content (AvgIpc) is 3.67. The predicted octanol–water partition coefficient (Wildman–Crippen LogP) is 4.90. The molecule has 2 atom stereocenters. The minimum atomic E-state index is -1.09. The van der Waals surface area contributed by atoms with Crippen LogP contribution in [0, 0.1) is 5.82 Å². The molecule has 11 nitrogen and oxygen atoms in total. The number of nitrogens with zero attached hydrogens (tertiary/aromatic N) is 6. The monoisotopic (exact) mass is 601 g/mol. The molecule has 0 bridgehead atoms. The highest BCUT2D eigenvalue weighted by molar-refractivity contribution is 6.31. The highest BCUT2D eigenvalue weighted by Gasteiger charge is 2.41. The Hall–Kier alpha value is -5.10. The molecule has 2 amide bonds. The van der Waals surface area contributed by atoms with Gasteiger partial charge in [-0.1, -0.05) is 41.1 Å². The van der Waals surface area contributed by atoms with Crippen molar-refractivity contribution in [3.05, 3.63) is 101 Å². The van der Waals surface area contributed by atoms with Crippen molar-refractivity contribution in [1.82, 2.24) is 14.5 Å². The van der Waals surface area contributed by atoms with Crippen LogP contribution in [0.25, 0.3) is 11.3 Å². The van der Waals surface area contributed by atoms with Crippen molar-refractivity contribution in [3.63, 3.8) is 0 Å². The van der Waals surface area contributed by atoms with Crippen molar-refractivity contribution < 1.29 is 23.9 Å². The summed E-state index contributed by atoms with van der Waals surface area (Å²) in [6.45, 7) is 0.182. The normalized spacial score (nSPS) is 17.6. The second-order valence-electron chi connectivity index (χ2n) is 10.2. The number of aryl methyl sites for hydroxylation is 1. The van der Waals surface area contributed by atoms with Gasteiger partial charge in [0.05, 0.1) is 34.8 Å². The Morgan fingerprint density at radius 3 is 2.56 bits per heavy atom. The summed E-state index contributed by atoms with van der Waals surface area (Å²) in [5, 5.41) is 21.4. The van der Waals surface area contributed by atoms with Crippen molar-refractivity contribution in [1.29, 1.82) is 0 Å². The number of rotatable bonds is 6. The number of carboxylic acids is 1. The minimum absolute atomic E-state index is 0.0293. The molecule has 0 fully saturated rings. The van der Waals surface area contributed by atoms with Gasteiger partial charge in [0.1, 0.15) is 6.04 Å². The Morgan fingerprint density at radius 1 is 1.07 bits per heavy atom. The number of hydrogen-bond acceptors (Lipinski definition) is 7. The summed E-state index contributed by atoms with van der Waals surface area (Å²) in [5.41, 5.74) is 3.67. The third-order valence-electron chi connectivity index (χ3n) is 7.47. The molecule has 43 heavy (non-hydrogen) atoms. The maximum absolute atomic E-state index is 14.7. The summed E-state index contributed by atoms with van der Waals surface area (Å²) in [7, 11) is 1.87. The molecule has 0 saturated heterocycles. The maximum atomic E-state index is 14.7. The van der Waals surface area contributed by atoms with Gasteiger partial charge in [-0.3, -0.25) is 9.59 Å². The molecule has 2 aliphatic heterocycles. The van der Waals surface area contributed by atoms with Gasteiger partial charge in [-0.15, -0.1) is 0 Å². The lowest BCUT2D eigenvalue weighted by Crippen LogP contribution is -2.49. The number of amides is 2. The van der Waals surface area contributed by atoms with Crippen LogP contribution < -0.4 is 10.3 Å². The van der Waals surface area contributed by atoms with Gasteiger partial charge in [0.25, 0.3) is 11.8 Å². The molecule has 2 aliphatic rings. The van der Waals surface area contributed by atoms with E-state index in [-0.39, 0.29) is 29.4 Å². The van der Waals surface area contributed by atoms with Crippen molar-refractivity contribution in [2.75, 3.05) is 23.4 Å². The second kappa shape index (κ2) is 11.3. The highest BCUT2D eigenvalue weighted by atomic mass is 35.5.